The fourth-order valence-electron chi connectivity index (χ4n) is 0.934. The summed E-state index contributed by atoms with van der Waals surface area (Å²) in [5.74, 6) is -0.0162. The second kappa shape index (κ2) is 4.28. The van der Waals surface area contributed by atoms with Gasteiger partial charge >= 0.3 is 0 Å². The molecule has 3 nitrogen and oxygen atoms in total. The predicted octanol–water partition coefficient (Wildman–Crippen LogP) is 2.38. The second-order valence-electron chi connectivity index (χ2n) is 2.67. The Kier molecular flexibility index (Phi) is 3.31. The van der Waals surface area contributed by atoms with E-state index in [0.29, 0.717) is 12.1 Å². The number of anilines is 2. The molecule has 0 unspecified atom stereocenters. The molecule has 1 aromatic carbocycles. The van der Waals surface area contributed by atoms with Crippen LogP contribution in [0.15, 0.2) is 22.7 Å². The highest BCUT2D eigenvalue weighted by atomic mass is 79.9. The van der Waals surface area contributed by atoms with Crippen LogP contribution in [0.5, 0.6) is 0 Å². The minimum Gasteiger partial charge on any atom is -0.399 e. The van der Waals surface area contributed by atoms with Crippen molar-refractivity contribution < 1.29 is 4.79 Å². The number of carbonyl (C=O) groups excluding carboxylic acids is 1. The maximum atomic E-state index is 11.0. The molecule has 3 N–H and O–H groups in total. The van der Waals surface area contributed by atoms with Crippen LogP contribution in [-0.2, 0) is 4.79 Å². The summed E-state index contributed by atoms with van der Waals surface area (Å²) in [7, 11) is 0. The van der Waals surface area contributed by atoms with E-state index in [1.807, 2.05) is 6.07 Å². The molecular formula is C9H11BrN2O. The van der Waals surface area contributed by atoms with Crippen molar-refractivity contribution in [2.45, 2.75) is 13.3 Å². The largest absolute Gasteiger partial charge is 0.399 e. The fraction of sp³-hybridized carbons (Fsp3) is 0.222. The molecule has 1 aromatic rings. The molecule has 0 atom stereocenters. The van der Waals surface area contributed by atoms with E-state index >= 15 is 0 Å². The highest BCUT2D eigenvalue weighted by Crippen LogP contribution is 2.20. The highest BCUT2D eigenvalue weighted by molar-refractivity contribution is 9.10. The van der Waals surface area contributed by atoms with E-state index in [4.69, 9.17) is 5.73 Å². The third kappa shape index (κ3) is 3.06. The molecule has 1 rings (SSSR count). The summed E-state index contributed by atoms with van der Waals surface area (Å²) in [4.78, 5) is 11.0. The quantitative estimate of drug-likeness (QED) is 0.783. The van der Waals surface area contributed by atoms with Crippen LogP contribution < -0.4 is 11.1 Å². The molecule has 0 bridgehead atoms. The molecule has 13 heavy (non-hydrogen) atoms. The van der Waals surface area contributed by atoms with Gasteiger partial charge in [-0.05, 0) is 18.2 Å². The van der Waals surface area contributed by atoms with Crippen molar-refractivity contribution in [3.8, 4) is 0 Å². The average Bonchev–Trinajstić information content (AvgIpc) is 2.02. The van der Waals surface area contributed by atoms with Gasteiger partial charge in [-0.1, -0.05) is 22.9 Å². The van der Waals surface area contributed by atoms with Crippen LogP contribution in [0.2, 0.25) is 0 Å². The van der Waals surface area contributed by atoms with E-state index in [9.17, 15) is 4.79 Å². The van der Waals surface area contributed by atoms with Crippen LogP contribution in [0.3, 0.4) is 0 Å². The van der Waals surface area contributed by atoms with Crippen LogP contribution in [0.1, 0.15) is 13.3 Å². The minimum absolute atomic E-state index is 0.0162. The van der Waals surface area contributed by atoms with Gasteiger partial charge in [0.2, 0.25) is 5.91 Å². The number of carbonyl (C=O) groups is 1. The van der Waals surface area contributed by atoms with E-state index in [1.54, 1.807) is 19.1 Å². The average molecular weight is 243 g/mol. The second-order valence-corrected chi connectivity index (χ2v) is 3.59. The van der Waals surface area contributed by atoms with Crippen molar-refractivity contribution in [1.29, 1.82) is 0 Å². The van der Waals surface area contributed by atoms with E-state index in [2.05, 4.69) is 21.2 Å². The van der Waals surface area contributed by atoms with Crippen molar-refractivity contribution in [3.63, 3.8) is 0 Å². The lowest BCUT2D eigenvalue weighted by Crippen LogP contribution is -2.09. The first-order chi connectivity index (χ1) is 6.11. The van der Waals surface area contributed by atoms with Crippen LogP contribution >= 0.6 is 15.9 Å². The molecule has 0 aromatic heterocycles. The lowest BCUT2D eigenvalue weighted by atomic mass is 10.3. The summed E-state index contributed by atoms with van der Waals surface area (Å²) in [5, 5.41) is 2.72. The van der Waals surface area contributed by atoms with Gasteiger partial charge in [0.15, 0.2) is 0 Å². The first-order valence-electron chi connectivity index (χ1n) is 3.97. The molecule has 0 aliphatic heterocycles. The smallest absolute Gasteiger partial charge is 0.224 e. The molecule has 0 spiro atoms. The lowest BCUT2D eigenvalue weighted by molar-refractivity contribution is -0.115. The molecule has 0 aliphatic carbocycles. The molecule has 1 amide bonds. The summed E-state index contributed by atoms with van der Waals surface area (Å²) < 4.78 is 0.860. The summed E-state index contributed by atoms with van der Waals surface area (Å²) in [6.45, 7) is 1.80. The SMILES string of the molecule is CCC(=O)Nc1cc(N)cc(Br)c1. The van der Waals surface area contributed by atoms with Crippen molar-refractivity contribution in [3.05, 3.63) is 22.7 Å². The summed E-state index contributed by atoms with van der Waals surface area (Å²) >= 11 is 3.29. The number of benzene rings is 1. The zero-order valence-corrected chi connectivity index (χ0v) is 8.89. The Bertz CT molecular complexity index is 305. The molecular weight excluding hydrogens is 232 g/mol. The normalized spacial score (nSPS) is 9.69. The number of rotatable bonds is 2. The number of nitrogens with one attached hydrogen (secondary N) is 1. The van der Waals surface area contributed by atoms with Crippen molar-refractivity contribution in [2.75, 3.05) is 11.1 Å². The predicted molar refractivity (Wildman–Crippen MR) is 57.5 cm³/mol. The minimum atomic E-state index is -0.0162. The summed E-state index contributed by atoms with van der Waals surface area (Å²) in [6, 6.07) is 5.31. The number of nitrogens with two attached hydrogens (primary N) is 1. The molecule has 70 valence electrons. The number of amides is 1. The Morgan fingerprint density at radius 3 is 2.77 bits per heavy atom. The molecule has 0 heterocycles. The van der Waals surface area contributed by atoms with Crippen molar-refractivity contribution >= 4 is 33.2 Å². The monoisotopic (exact) mass is 242 g/mol. The number of halogens is 1. The van der Waals surface area contributed by atoms with Gasteiger partial charge in [-0.3, -0.25) is 4.79 Å². The Morgan fingerprint density at radius 2 is 2.23 bits per heavy atom. The Morgan fingerprint density at radius 1 is 1.54 bits per heavy atom. The first kappa shape index (κ1) is 10.1. The zero-order chi connectivity index (χ0) is 9.84. The summed E-state index contributed by atoms with van der Waals surface area (Å²) in [6.07, 6.45) is 0.465. The van der Waals surface area contributed by atoms with Gasteiger partial charge in [0.1, 0.15) is 0 Å². The molecule has 0 aliphatic rings. The Balaban J connectivity index is 2.83. The van der Waals surface area contributed by atoms with E-state index in [0.717, 1.165) is 10.2 Å². The number of nitrogen functional groups attached to an aromatic ring is 1. The molecule has 0 radical (unpaired) electrons. The fourth-order valence-corrected chi connectivity index (χ4v) is 1.44. The van der Waals surface area contributed by atoms with E-state index in [1.165, 1.54) is 0 Å². The molecule has 0 saturated heterocycles. The molecule has 0 saturated carbocycles. The van der Waals surface area contributed by atoms with E-state index in [-0.39, 0.29) is 5.91 Å². The topological polar surface area (TPSA) is 55.1 Å². The zero-order valence-electron chi connectivity index (χ0n) is 7.30. The summed E-state index contributed by atoms with van der Waals surface area (Å²) in [5.41, 5.74) is 6.94. The van der Waals surface area contributed by atoms with Crippen LogP contribution in [0.4, 0.5) is 11.4 Å². The van der Waals surface area contributed by atoms with Gasteiger partial charge in [-0.25, -0.2) is 0 Å². The van der Waals surface area contributed by atoms with Gasteiger partial charge in [-0.15, -0.1) is 0 Å². The maximum Gasteiger partial charge on any atom is 0.224 e. The van der Waals surface area contributed by atoms with Gasteiger partial charge in [0, 0.05) is 22.3 Å². The van der Waals surface area contributed by atoms with Crippen molar-refractivity contribution in [2.24, 2.45) is 0 Å². The first-order valence-corrected chi connectivity index (χ1v) is 4.77. The molecule has 4 heteroatoms. The van der Waals surface area contributed by atoms with Crippen molar-refractivity contribution in [1.82, 2.24) is 0 Å². The van der Waals surface area contributed by atoms with Gasteiger partial charge in [-0.2, -0.15) is 0 Å². The third-order valence-electron chi connectivity index (χ3n) is 1.52. The molecule has 0 fully saturated rings. The lowest BCUT2D eigenvalue weighted by Gasteiger charge is -2.04. The highest BCUT2D eigenvalue weighted by Gasteiger charge is 2.00. The van der Waals surface area contributed by atoms with Gasteiger partial charge in [0.25, 0.3) is 0 Å². The van der Waals surface area contributed by atoms with Gasteiger partial charge in [0.05, 0.1) is 0 Å². The third-order valence-corrected chi connectivity index (χ3v) is 1.98. The van der Waals surface area contributed by atoms with Crippen LogP contribution in [-0.4, -0.2) is 5.91 Å². The Labute approximate surface area is 85.4 Å². The van der Waals surface area contributed by atoms with E-state index < -0.39 is 0 Å². The van der Waals surface area contributed by atoms with Gasteiger partial charge < -0.3 is 11.1 Å². The van der Waals surface area contributed by atoms with Crippen LogP contribution in [0, 0.1) is 0 Å². The number of hydrogen-bond donors (Lipinski definition) is 2. The number of hydrogen-bond acceptors (Lipinski definition) is 2. The Hall–Kier alpha value is -1.03. The standard InChI is InChI=1S/C9H11BrN2O/c1-2-9(13)12-8-4-6(10)3-7(11)5-8/h3-5H,2,11H2,1H3,(H,12,13). The van der Waals surface area contributed by atoms with Crippen LogP contribution in [0.25, 0.3) is 0 Å². The maximum absolute atomic E-state index is 11.0.